The van der Waals surface area contributed by atoms with Gasteiger partial charge in [0.25, 0.3) is 5.91 Å². The lowest BCUT2D eigenvalue weighted by atomic mass is 9.99. The van der Waals surface area contributed by atoms with Gasteiger partial charge < -0.3 is 10.1 Å². The van der Waals surface area contributed by atoms with Gasteiger partial charge >= 0.3 is 0 Å². The molecule has 2 rings (SSSR count). The Hall–Kier alpha value is -1.76. The van der Waals surface area contributed by atoms with Gasteiger partial charge in [0, 0.05) is 6.54 Å². The lowest BCUT2D eigenvalue weighted by Gasteiger charge is -2.34. The number of carbonyl (C=O) groups excluding carboxylic acids is 1. The summed E-state index contributed by atoms with van der Waals surface area (Å²) < 4.78 is 31.4. The standard InChI is InChI=1S/C19H30N2O4S/c1-5-7-8-15(6-2)12-20-19(22)18-13-21(26(4,23)24)16-10-9-14(3)11-17(16)25-18/h9-11,15,18H,5-8,12-13H2,1-4H3,(H,20,22). The summed E-state index contributed by atoms with van der Waals surface area (Å²) in [5.41, 5.74) is 1.43. The molecule has 26 heavy (non-hydrogen) atoms. The Morgan fingerprint density at radius 1 is 1.38 bits per heavy atom. The first-order valence-electron chi connectivity index (χ1n) is 9.29. The summed E-state index contributed by atoms with van der Waals surface area (Å²) in [6.07, 6.45) is 4.66. The monoisotopic (exact) mass is 382 g/mol. The van der Waals surface area contributed by atoms with Crippen LogP contribution in [-0.2, 0) is 14.8 Å². The van der Waals surface area contributed by atoms with Gasteiger partial charge in [-0.15, -0.1) is 0 Å². The predicted molar refractivity (Wildman–Crippen MR) is 104 cm³/mol. The highest BCUT2D eigenvalue weighted by Crippen LogP contribution is 2.35. The highest BCUT2D eigenvalue weighted by Gasteiger charge is 2.35. The third kappa shape index (κ3) is 5.13. The fourth-order valence-corrected chi connectivity index (χ4v) is 4.03. The second kappa shape index (κ2) is 8.75. The minimum absolute atomic E-state index is 0.00746. The van der Waals surface area contributed by atoms with Gasteiger partial charge in [-0.2, -0.15) is 0 Å². The Kier molecular flexibility index (Phi) is 6.92. The minimum atomic E-state index is -3.49. The molecule has 1 N–H and O–H groups in total. The van der Waals surface area contributed by atoms with Gasteiger partial charge in [-0.25, -0.2) is 8.42 Å². The summed E-state index contributed by atoms with van der Waals surface area (Å²) in [7, 11) is -3.49. The van der Waals surface area contributed by atoms with Crippen molar-refractivity contribution in [2.45, 2.75) is 52.6 Å². The van der Waals surface area contributed by atoms with E-state index in [9.17, 15) is 13.2 Å². The number of rotatable bonds is 8. The number of hydrogen-bond donors (Lipinski definition) is 1. The van der Waals surface area contributed by atoms with Crippen molar-refractivity contribution in [2.24, 2.45) is 5.92 Å². The van der Waals surface area contributed by atoms with Crippen LogP contribution >= 0.6 is 0 Å². The molecular formula is C19H30N2O4S. The van der Waals surface area contributed by atoms with E-state index in [2.05, 4.69) is 19.2 Å². The first kappa shape index (κ1) is 20.6. The van der Waals surface area contributed by atoms with Gasteiger partial charge in [-0.3, -0.25) is 9.10 Å². The van der Waals surface area contributed by atoms with Crippen molar-refractivity contribution in [1.29, 1.82) is 0 Å². The molecule has 1 heterocycles. The van der Waals surface area contributed by atoms with Crippen molar-refractivity contribution in [3.8, 4) is 5.75 Å². The lowest BCUT2D eigenvalue weighted by molar-refractivity contribution is -0.127. The molecule has 146 valence electrons. The molecule has 1 aliphatic heterocycles. The van der Waals surface area contributed by atoms with E-state index >= 15 is 0 Å². The van der Waals surface area contributed by atoms with Crippen LogP contribution in [0.15, 0.2) is 18.2 Å². The van der Waals surface area contributed by atoms with E-state index in [1.165, 1.54) is 4.31 Å². The van der Waals surface area contributed by atoms with Gasteiger partial charge in [-0.1, -0.05) is 39.2 Å². The molecule has 0 saturated carbocycles. The molecule has 7 heteroatoms. The maximum absolute atomic E-state index is 12.6. The molecule has 0 aliphatic carbocycles. The second-order valence-electron chi connectivity index (χ2n) is 7.03. The molecule has 0 spiro atoms. The quantitative estimate of drug-likeness (QED) is 0.750. The number of ether oxygens (including phenoxy) is 1. The molecule has 2 atom stereocenters. The van der Waals surface area contributed by atoms with Gasteiger partial charge in [0.15, 0.2) is 6.10 Å². The number of anilines is 1. The highest BCUT2D eigenvalue weighted by atomic mass is 32.2. The van der Waals surface area contributed by atoms with Crippen molar-refractivity contribution < 1.29 is 17.9 Å². The molecule has 0 radical (unpaired) electrons. The number of unbranched alkanes of at least 4 members (excludes halogenated alkanes) is 1. The number of aryl methyl sites for hydroxylation is 1. The number of benzene rings is 1. The van der Waals surface area contributed by atoms with Crippen LogP contribution in [0.3, 0.4) is 0 Å². The van der Waals surface area contributed by atoms with Crippen molar-refractivity contribution in [3.63, 3.8) is 0 Å². The van der Waals surface area contributed by atoms with E-state index in [0.717, 1.165) is 37.5 Å². The smallest absolute Gasteiger partial charge is 0.263 e. The van der Waals surface area contributed by atoms with Gasteiger partial charge in [0.05, 0.1) is 18.5 Å². The summed E-state index contributed by atoms with van der Waals surface area (Å²) in [6.45, 7) is 6.76. The molecule has 1 aromatic rings. The lowest BCUT2D eigenvalue weighted by Crippen LogP contribution is -2.51. The molecule has 0 bridgehead atoms. The minimum Gasteiger partial charge on any atom is -0.476 e. The Labute approximate surface area is 157 Å². The number of nitrogens with zero attached hydrogens (tertiary/aromatic N) is 1. The van der Waals surface area contributed by atoms with Gasteiger partial charge in [-0.05, 0) is 37.0 Å². The Bertz CT molecular complexity index is 733. The van der Waals surface area contributed by atoms with E-state index in [0.29, 0.717) is 23.9 Å². The largest absolute Gasteiger partial charge is 0.476 e. The maximum atomic E-state index is 12.6. The summed E-state index contributed by atoms with van der Waals surface area (Å²) in [5, 5.41) is 2.94. The third-order valence-corrected chi connectivity index (χ3v) is 5.93. The fraction of sp³-hybridized carbons (Fsp3) is 0.632. The van der Waals surface area contributed by atoms with Crippen molar-refractivity contribution >= 4 is 21.6 Å². The van der Waals surface area contributed by atoms with E-state index in [1.807, 2.05) is 13.0 Å². The number of fused-ring (bicyclic) bond motifs is 1. The van der Waals surface area contributed by atoms with E-state index in [4.69, 9.17) is 4.74 Å². The molecule has 2 unspecified atom stereocenters. The van der Waals surface area contributed by atoms with Crippen LogP contribution in [0.2, 0.25) is 0 Å². The van der Waals surface area contributed by atoms with Crippen LogP contribution in [0.1, 0.15) is 45.1 Å². The normalized spacial score (nSPS) is 18.0. The average molecular weight is 383 g/mol. The zero-order chi connectivity index (χ0) is 19.3. The van der Waals surface area contributed by atoms with Crippen LogP contribution < -0.4 is 14.4 Å². The average Bonchev–Trinajstić information content (AvgIpc) is 2.59. The zero-order valence-electron chi connectivity index (χ0n) is 16.1. The summed E-state index contributed by atoms with van der Waals surface area (Å²) in [6, 6.07) is 5.32. The van der Waals surface area contributed by atoms with Crippen molar-refractivity contribution in [3.05, 3.63) is 23.8 Å². The van der Waals surface area contributed by atoms with Crippen LogP contribution in [-0.4, -0.2) is 39.8 Å². The Morgan fingerprint density at radius 2 is 2.12 bits per heavy atom. The predicted octanol–water partition coefficient (Wildman–Crippen LogP) is 2.85. The summed E-state index contributed by atoms with van der Waals surface area (Å²) in [5.74, 6) is 0.601. The second-order valence-corrected chi connectivity index (χ2v) is 8.94. The maximum Gasteiger partial charge on any atom is 0.263 e. The zero-order valence-corrected chi connectivity index (χ0v) is 16.9. The van der Waals surface area contributed by atoms with E-state index < -0.39 is 16.1 Å². The van der Waals surface area contributed by atoms with Gasteiger partial charge in [0.1, 0.15) is 5.75 Å². The van der Waals surface area contributed by atoms with Crippen LogP contribution in [0.25, 0.3) is 0 Å². The van der Waals surface area contributed by atoms with Gasteiger partial charge in [0.2, 0.25) is 10.0 Å². The molecular weight excluding hydrogens is 352 g/mol. The third-order valence-electron chi connectivity index (χ3n) is 4.79. The Morgan fingerprint density at radius 3 is 2.73 bits per heavy atom. The van der Waals surface area contributed by atoms with Crippen molar-refractivity contribution in [2.75, 3.05) is 23.7 Å². The fourth-order valence-electron chi connectivity index (χ4n) is 3.11. The van der Waals surface area contributed by atoms with E-state index in [1.54, 1.807) is 12.1 Å². The molecule has 0 saturated heterocycles. The SMILES string of the molecule is CCCCC(CC)CNC(=O)C1CN(S(C)(=O)=O)c2ccc(C)cc2O1. The molecule has 1 aromatic carbocycles. The highest BCUT2D eigenvalue weighted by molar-refractivity contribution is 7.92. The molecule has 6 nitrogen and oxygen atoms in total. The molecule has 1 amide bonds. The topological polar surface area (TPSA) is 75.7 Å². The van der Waals surface area contributed by atoms with Crippen LogP contribution in [0.5, 0.6) is 5.75 Å². The number of amides is 1. The summed E-state index contributed by atoms with van der Waals surface area (Å²) >= 11 is 0. The number of nitrogens with one attached hydrogen (secondary N) is 1. The first-order valence-corrected chi connectivity index (χ1v) is 11.1. The number of sulfonamides is 1. The number of carbonyl (C=O) groups is 1. The Balaban J connectivity index is 2.11. The summed E-state index contributed by atoms with van der Waals surface area (Å²) in [4.78, 5) is 12.6. The van der Waals surface area contributed by atoms with Crippen LogP contribution in [0.4, 0.5) is 5.69 Å². The molecule has 1 aliphatic rings. The molecule has 0 fully saturated rings. The van der Waals surface area contributed by atoms with Crippen LogP contribution in [0, 0.1) is 12.8 Å². The van der Waals surface area contributed by atoms with E-state index in [-0.39, 0.29) is 12.5 Å². The van der Waals surface area contributed by atoms with Crippen molar-refractivity contribution in [1.82, 2.24) is 5.32 Å². The first-order chi connectivity index (χ1) is 12.3. The number of hydrogen-bond acceptors (Lipinski definition) is 4. The molecule has 0 aromatic heterocycles.